The van der Waals surface area contributed by atoms with Gasteiger partial charge in [-0.2, -0.15) is 0 Å². The Morgan fingerprint density at radius 3 is 1.95 bits per heavy atom. The van der Waals surface area contributed by atoms with Crippen molar-refractivity contribution < 1.29 is 9.47 Å². The Morgan fingerprint density at radius 2 is 1.47 bits per heavy atom. The number of hydrogen-bond acceptors (Lipinski definition) is 2. The molecule has 0 heterocycles. The van der Waals surface area contributed by atoms with Gasteiger partial charge in [0.05, 0.1) is 15.2 Å². The van der Waals surface area contributed by atoms with E-state index in [0.29, 0.717) is 6.61 Å². The molecule has 19 heavy (non-hydrogen) atoms. The van der Waals surface area contributed by atoms with Crippen LogP contribution in [0.5, 0.6) is 11.5 Å². The van der Waals surface area contributed by atoms with Gasteiger partial charge in [-0.3, -0.25) is 0 Å². The van der Waals surface area contributed by atoms with Crippen LogP contribution in [-0.4, -0.2) is 21.8 Å². The van der Waals surface area contributed by atoms with Crippen molar-refractivity contribution in [3.05, 3.63) is 36.0 Å². The van der Waals surface area contributed by atoms with Gasteiger partial charge in [-0.15, -0.1) is 0 Å². The molecule has 0 spiro atoms. The Hall–Kier alpha value is -1.22. The Labute approximate surface area is 118 Å². The van der Waals surface area contributed by atoms with Gasteiger partial charge >= 0.3 is 0 Å². The van der Waals surface area contributed by atoms with Gasteiger partial charge in [0.1, 0.15) is 18.1 Å². The molecule has 0 atom stereocenters. The molecule has 0 amide bonds. The van der Waals surface area contributed by atoms with Crippen LogP contribution >= 0.6 is 0 Å². The number of rotatable bonds is 8. The zero-order valence-corrected chi connectivity index (χ0v) is 13.6. The fourth-order valence-electron chi connectivity index (χ4n) is 2.22. The van der Waals surface area contributed by atoms with Crippen molar-refractivity contribution in [1.82, 2.24) is 0 Å². The highest BCUT2D eigenvalue weighted by Crippen LogP contribution is 2.21. The van der Waals surface area contributed by atoms with Crippen LogP contribution in [0.2, 0.25) is 18.1 Å². The topological polar surface area (TPSA) is 18.5 Å². The highest BCUT2D eigenvalue weighted by Gasteiger charge is 2.22. The molecule has 1 aromatic carbocycles. The lowest BCUT2D eigenvalue weighted by Crippen LogP contribution is -2.28. The van der Waals surface area contributed by atoms with E-state index >= 15 is 0 Å². The lowest BCUT2D eigenvalue weighted by molar-refractivity contribution is 0.361. The normalized spacial score (nSPS) is 11.8. The average Bonchev–Trinajstić information content (AvgIpc) is 2.49. The first-order valence-corrected chi connectivity index (χ1v) is 9.84. The number of hydrogen-bond donors (Lipinski definition) is 0. The molecule has 1 rings (SSSR count). The monoisotopic (exact) mass is 278 g/mol. The van der Waals surface area contributed by atoms with Crippen molar-refractivity contribution in [2.24, 2.45) is 0 Å². The Balaban J connectivity index is 2.48. The summed E-state index contributed by atoms with van der Waals surface area (Å²) in [5.74, 6) is 1.75. The molecule has 1 aromatic rings. The first kappa shape index (κ1) is 15.8. The van der Waals surface area contributed by atoms with Gasteiger partial charge in [0.25, 0.3) is 0 Å². The molecule has 0 aliphatic carbocycles. The van der Waals surface area contributed by atoms with E-state index in [0.717, 1.165) is 11.5 Å². The Kier molecular flexibility index (Phi) is 6.71. The van der Waals surface area contributed by atoms with Crippen LogP contribution in [0.25, 0.3) is 0 Å². The molecule has 3 heteroatoms. The fraction of sp³-hybridized carbons (Fsp3) is 0.500. The van der Waals surface area contributed by atoms with Crippen molar-refractivity contribution in [2.75, 3.05) is 13.7 Å². The molecule has 0 saturated carbocycles. The minimum atomic E-state index is -1.15. The largest absolute Gasteiger partial charge is 0.497 e. The molecule has 0 unspecified atom stereocenters. The van der Waals surface area contributed by atoms with Crippen molar-refractivity contribution in [2.45, 2.75) is 38.9 Å². The summed E-state index contributed by atoms with van der Waals surface area (Å²) < 4.78 is 10.8. The van der Waals surface area contributed by atoms with Gasteiger partial charge < -0.3 is 9.47 Å². The average molecular weight is 278 g/mol. The quantitative estimate of drug-likeness (QED) is 0.643. The predicted octanol–water partition coefficient (Wildman–Crippen LogP) is 4.68. The third-order valence-electron chi connectivity index (χ3n) is 3.99. The van der Waals surface area contributed by atoms with Crippen LogP contribution in [0.1, 0.15) is 20.8 Å². The van der Waals surface area contributed by atoms with Crippen LogP contribution in [0.3, 0.4) is 0 Å². The highest BCUT2D eigenvalue weighted by atomic mass is 28.3. The van der Waals surface area contributed by atoms with Gasteiger partial charge in [0, 0.05) is 0 Å². The molecular weight excluding hydrogens is 252 g/mol. The molecule has 0 saturated heterocycles. The third kappa shape index (κ3) is 4.75. The summed E-state index contributed by atoms with van der Waals surface area (Å²) in [6.45, 7) is 7.59. The van der Waals surface area contributed by atoms with Crippen LogP contribution in [0, 0.1) is 0 Å². The zero-order valence-electron chi connectivity index (χ0n) is 12.6. The molecule has 0 aliphatic rings. The van der Waals surface area contributed by atoms with E-state index in [9.17, 15) is 0 Å². The second-order valence-electron chi connectivity index (χ2n) is 4.81. The van der Waals surface area contributed by atoms with Crippen LogP contribution < -0.4 is 9.47 Å². The Bertz CT molecular complexity index is 372. The molecule has 0 N–H and O–H groups in total. The van der Waals surface area contributed by atoms with Gasteiger partial charge in [-0.1, -0.05) is 50.7 Å². The minimum absolute atomic E-state index is 0.654. The van der Waals surface area contributed by atoms with E-state index < -0.39 is 8.07 Å². The zero-order chi connectivity index (χ0) is 14.1. The van der Waals surface area contributed by atoms with E-state index in [1.54, 1.807) is 7.11 Å². The second kappa shape index (κ2) is 8.05. The summed E-state index contributed by atoms with van der Waals surface area (Å²) in [6.07, 6.45) is 2.20. The van der Waals surface area contributed by atoms with Crippen molar-refractivity contribution in [3.8, 4) is 11.5 Å². The third-order valence-corrected chi connectivity index (χ3v) is 9.16. The molecule has 0 radical (unpaired) electrons. The van der Waals surface area contributed by atoms with Gasteiger partial charge in [0.15, 0.2) is 0 Å². The van der Waals surface area contributed by atoms with E-state index in [2.05, 4.69) is 32.5 Å². The summed E-state index contributed by atoms with van der Waals surface area (Å²) in [7, 11) is 0.519. The van der Waals surface area contributed by atoms with Crippen LogP contribution in [-0.2, 0) is 0 Å². The molecule has 0 fully saturated rings. The standard InChI is InChI=1S/C16H26O2Si/c1-5-19(6-2,7-3)14-8-13-18-16-11-9-15(17-4)10-12-16/h8-12,14H,5-7,13H2,1-4H3/b14-8+. The van der Waals surface area contributed by atoms with Gasteiger partial charge in [0.2, 0.25) is 0 Å². The maximum atomic E-state index is 5.71. The lowest BCUT2D eigenvalue weighted by atomic mass is 10.3. The smallest absolute Gasteiger partial charge is 0.120 e. The van der Waals surface area contributed by atoms with E-state index in [1.165, 1.54) is 18.1 Å². The first-order chi connectivity index (χ1) is 9.19. The van der Waals surface area contributed by atoms with Gasteiger partial charge in [-0.25, -0.2) is 0 Å². The van der Waals surface area contributed by atoms with Crippen molar-refractivity contribution in [3.63, 3.8) is 0 Å². The summed E-state index contributed by atoms with van der Waals surface area (Å²) in [5, 5.41) is 0. The van der Waals surface area contributed by atoms with Crippen LogP contribution in [0.15, 0.2) is 36.0 Å². The van der Waals surface area contributed by atoms with Crippen LogP contribution in [0.4, 0.5) is 0 Å². The summed E-state index contributed by atoms with van der Waals surface area (Å²) in [6, 6.07) is 11.7. The molecule has 0 bridgehead atoms. The maximum Gasteiger partial charge on any atom is 0.120 e. The number of methoxy groups -OCH3 is 1. The predicted molar refractivity (Wildman–Crippen MR) is 84.8 cm³/mol. The molecule has 2 nitrogen and oxygen atoms in total. The minimum Gasteiger partial charge on any atom is -0.497 e. The highest BCUT2D eigenvalue weighted by molar-refractivity contribution is 6.84. The van der Waals surface area contributed by atoms with Gasteiger partial charge in [-0.05, 0) is 24.3 Å². The fourth-order valence-corrected chi connectivity index (χ4v) is 5.02. The Morgan fingerprint density at radius 1 is 0.947 bits per heavy atom. The van der Waals surface area contributed by atoms with Crippen molar-refractivity contribution in [1.29, 1.82) is 0 Å². The summed E-state index contributed by atoms with van der Waals surface area (Å²) in [5.41, 5.74) is 2.45. The van der Waals surface area contributed by atoms with E-state index in [-0.39, 0.29) is 0 Å². The molecule has 0 aliphatic heterocycles. The molecular formula is C16H26O2Si. The summed E-state index contributed by atoms with van der Waals surface area (Å²) >= 11 is 0. The lowest BCUT2D eigenvalue weighted by Gasteiger charge is -2.23. The first-order valence-electron chi connectivity index (χ1n) is 7.14. The van der Waals surface area contributed by atoms with E-state index in [4.69, 9.17) is 9.47 Å². The second-order valence-corrected chi connectivity index (χ2v) is 9.99. The molecule has 0 aromatic heterocycles. The van der Waals surface area contributed by atoms with Crippen molar-refractivity contribution >= 4 is 8.07 Å². The number of benzene rings is 1. The SMILES string of the molecule is CC[Si](/C=C/COc1ccc(OC)cc1)(CC)CC. The summed E-state index contributed by atoms with van der Waals surface area (Å²) in [4.78, 5) is 0. The number of ether oxygens (including phenoxy) is 2. The van der Waals surface area contributed by atoms with E-state index in [1.807, 2.05) is 24.3 Å². The maximum absolute atomic E-state index is 5.71. The molecule has 106 valence electrons.